The number of hydrogen-bond donors (Lipinski definition) is 2. The molecule has 0 radical (unpaired) electrons. The quantitative estimate of drug-likeness (QED) is 0.736. The van der Waals surface area contributed by atoms with Gasteiger partial charge in [0.25, 0.3) is 0 Å². The molecule has 2 rings (SSSR count). The topological polar surface area (TPSA) is 64.3 Å². The van der Waals surface area contributed by atoms with E-state index in [-0.39, 0.29) is 11.8 Å². The van der Waals surface area contributed by atoms with Crippen molar-refractivity contribution in [3.05, 3.63) is 60.2 Å². The van der Waals surface area contributed by atoms with Gasteiger partial charge in [-0.15, -0.1) is 0 Å². The van der Waals surface area contributed by atoms with Crippen molar-refractivity contribution in [3.63, 3.8) is 0 Å². The molecular weight excluding hydrogens is 288 g/mol. The largest absolute Gasteiger partial charge is 0.494 e. The van der Waals surface area contributed by atoms with Gasteiger partial charge in [0.15, 0.2) is 0 Å². The van der Waals surface area contributed by atoms with E-state index in [0.717, 1.165) is 17.9 Å². The Labute approximate surface area is 137 Å². The molecule has 122 valence electrons. The van der Waals surface area contributed by atoms with Crippen molar-refractivity contribution < 1.29 is 9.53 Å². The summed E-state index contributed by atoms with van der Waals surface area (Å²) in [6, 6.07) is 17.4. The molecule has 4 nitrogen and oxygen atoms in total. The second kappa shape index (κ2) is 8.83. The van der Waals surface area contributed by atoms with Crippen molar-refractivity contribution >= 4 is 11.6 Å². The monoisotopic (exact) mass is 312 g/mol. The van der Waals surface area contributed by atoms with Crippen molar-refractivity contribution in [1.29, 1.82) is 0 Å². The Morgan fingerprint density at radius 1 is 1.13 bits per heavy atom. The summed E-state index contributed by atoms with van der Waals surface area (Å²) in [5.74, 6) is 0.839. The molecule has 0 aliphatic rings. The summed E-state index contributed by atoms with van der Waals surface area (Å²) < 4.78 is 5.62. The predicted octanol–water partition coefficient (Wildman–Crippen LogP) is 3.03. The molecule has 1 unspecified atom stereocenters. The zero-order chi connectivity index (χ0) is 16.5. The minimum atomic E-state index is -0.0647. The second-order valence-corrected chi connectivity index (χ2v) is 5.63. The van der Waals surface area contributed by atoms with Crippen molar-refractivity contribution in [3.8, 4) is 5.75 Å². The molecule has 0 saturated carbocycles. The van der Waals surface area contributed by atoms with Crippen molar-refractivity contribution in [2.75, 3.05) is 18.9 Å². The zero-order valence-corrected chi connectivity index (χ0v) is 13.5. The molecule has 0 aliphatic carbocycles. The zero-order valence-electron chi connectivity index (χ0n) is 13.5. The van der Waals surface area contributed by atoms with Crippen LogP contribution in [0.3, 0.4) is 0 Å². The van der Waals surface area contributed by atoms with Gasteiger partial charge >= 0.3 is 0 Å². The van der Waals surface area contributed by atoms with Crippen molar-refractivity contribution in [2.45, 2.75) is 19.8 Å². The van der Waals surface area contributed by atoms with Crippen molar-refractivity contribution in [1.82, 2.24) is 5.32 Å². The van der Waals surface area contributed by atoms with E-state index < -0.39 is 0 Å². The third-order valence-electron chi connectivity index (χ3n) is 3.70. The first-order valence-corrected chi connectivity index (χ1v) is 7.95. The maximum absolute atomic E-state index is 12.0. The Hall–Kier alpha value is -2.49. The number of nitrogen functional groups attached to an aromatic ring is 1. The molecule has 1 atom stereocenters. The summed E-state index contributed by atoms with van der Waals surface area (Å²) in [5, 5.41) is 2.97. The lowest BCUT2D eigenvalue weighted by atomic mass is 10.1. The molecule has 0 aromatic heterocycles. The molecule has 0 saturated heterocycles. The first-order chi connectivity index (χ1) is 11.1. The van der Waals surface area contributed by atoms with Gasteiger partial charge in [-0.2, -0.15) is 0 Å². The normalized spacial score (nSPS) is 11.7. The smallest absolute Gasteiger partial charge is 0.222 e. The van der Waals surface area contributed by atoms with E-state index in [2.05, 4.69) is 5.32 Å². The number of carbonyl (C=O) groups is 1. The number of nitrogens with two attached hydrogens (primary N) is 1. The third kappa shape index (κ3) is 6.02. The number of hydrogen-bond acceptors (Lipinski definition) is 3. The molecule has 3 N–H and O–H groups in total. The summed E-state index contributed by atoms with van der Waals surface area (Å²) in [6.45, 7) is 3.09. The van der Waals surface area contributed by atoms with Gasteiger partial charge in [-0.1, -0.05) is 37.3 Å². The highest BCUT2D eigenvalue weighted by molar-refractivity contribution is 5.78. The van der Waals surface area contributed by atoms with E-state index in [0.29, 0.717) is 19.6 Å². The molecule has 0 bridgehead atoms. The van der Waals surface area contributed by atoms with E-state index in [4.69, 9.17) is 10.5 Å². The summed E-state index contributed by atoms with van der Waals surface area (Å²) in [6.07, 6.45) is 1.50. The van der Waals surface area contributed by atoms with Gasteiger partial charge in [0.2, 0.25) is 5.91 Å². The van der Waals surface area contributed by atoms with Crippen LogP contribution in [0.4, 0.5) is 5.69 Å². The molecule has 0 fully saturated rings. The fourth-order valence-electron chi connectivity index (χ4n) is 2.19. The molecule has 2 aromatic carbocycles. The highest BCUT2D eigenvalue weighted by Gasteiger charge is 2.12. The van der Waals surface area contributed by atoms with E-state index in [1.807, 2.05) is 61.5 Å². The molecule has 0 aliphatic heterocycles. The molecule has 0 heterocycles. The Balaban J connectivity index is 1.63. The first kappa shape index (κ1) is 16.9. The highest BCUT2D eigenvalue weighted by Crippen LogP contribution is 2.10. The van der Waals surface area contributed by atoms with Gasteiger partial charge in [0.05, 0.1) is 6.61 Å². The summed E-state index contributed by atoms with van der Waals surface area (Å²) in [4.78, 5) is 12.0. The molecule has 0 spiro atoms. The van der Waals surface area contributed by atoms with Crippen LogP contribution in [0.1, 0.15) is 18.9 Å². The summed E-state index contributed by atoms with van der Waals surface area (Å²) >= 11 is 0. The number of benzene rings is 2. The van der Waals surface area contributed by atoms with E-state index in [9.17, 15) is 4.79 Å². The molecule has 2 aromatic rings. The fraction of sp³-hybridized carbons (Fsp3) is 0.316. The SMILES string of the molecule is CC(CCOc1ccccc1)C(=O)NCCc1ccc(N)cc1. The van der Waals surface area contributed by atoms with Gasteiger partial charge < -0.3 is 15.8 Å². The van der Waals surface area contributed by atoms with Crippen LogP contribution in [-0.4, -0.2) is 19.1 Å². The van der Waals surface area contributed by atoms with Crippen LogP contribution in [0.15, 0.2) is 54.6 Å². The lowest BCUT2D eigenvalue weighted by Crippen LogP contribution is -2.31. The second-order valence-electron chi connectivity index (χ2n) is 5.63. The van der Waals surface area contributed by atoms with Crippen LogP contribution in [0, 0.1) is 5.92 Å². The predicted molar refractivity (Wildman–Crippen MR) is 93.3 cm³/mol. The van der Waals surface area contributed by atoms with Crippen LogP contribution in [0.5, 0.6) is 5.75 Å². The Kier molecular flexibility index (Phi) is 6.48. The van der Waals surface area contributed by atoms with Crippen molar-refractivity contribution in [2.24, 2.45) is 5.92 Å². The first-order valence-electron chi connectivity index (χ1n) is 7.95. The Morgan fingerprint density at radius 3 is 2.52 bits per heavy atom. The maximum atomic E-state index is 12.0. The van der Waals surface area contributed by atoms with Gasteiger partial charge in [-0.05, 0) is 42.7 Å². The average molecular weight is 312 g/mol. The van der Waals surface area contributed by atoms with Gasteiger partial charge in [0.1, 0.15) is 5.75 Å². The van der Waals surface area contributed by atoms with Crippen LogP contribution in [0.25, 0.3) is 0 Å². The van der Waals surface area contributed by atoms with Gasteiger partial charge in [-0.25, -0.2) is 0 Å². The highest BCUT2D eigenvalue weighted by atomic mass is 16.5. The lowest BCUT2D eigenvalue weighted by Gasteiger charge is -2.13. The van der Waals surface area contributed by atoms with E-state index >= 15 is 0 Å². The van der Waals surface area contributed by atoms with Crippen LogP contribution < -0.4 is 15.8 Å². The number of carbonyl (C=O) groups excluding carboxylic acids is 1. The molecule has 23 heavy (non-hydrogen) atoms. The molecular formula is C19H24N2O2. The molecule has 1 amide bonds. The summed E-state index contributed by atoms with van der Waals surface area (Å²) in [7, 11) is 0. The average Bonchev–Trinajstić information content (AvgIpc) is 2.57. The minimum absolute atomic E-state index is 0.0647. The minimum Gasteiger partial charge on any atom is -0.494 e. The number of amides is 1. The summed E-state index contributed by atoms with van der Waals surface area (Å²) in [5.41, 5.74) is 7.57. The maximum Gasteiger partial charge on any atom is 0.222 e. The standard InChI is InChI=1S/C19H24N2O2/c1-15(12-14-23-18-5-3-2-4-6-18)19(22)21-13-11-16-7-9-17(20)10-8-16/h2-10,15H,11-14,20H2,1H3,(H,21,22). The number of rotatable bonds is 8. The molecule has 4 heteroatoms. The van der Waals surface area contributed by atoms with Gasteiger partial charge in [0, 0.05) is 18.2 Å². The number of para-hydroxylation sites is 1. The Morgan fingerprint density at radius 2 is 1.83 bits per heavy atom. The van der Waals surface area contributed by atoms with Gasteiger partial charge in [-0.3, -0.25) is 4.79 Å². The number of ether oxygens (including phenoxy) is 1. The third-order valence-corrected chi connectivity index (χ3v) is 3.70. The fourth-order valence-corrected chi connectivity index (χ4v) is 2.19. The van der Waals surface area contributed by atoms with Crippen LogP contribution in [0.2, 0.25) is 0 Å². The number of anilines is 1. The lowest BCUT2D eigenvalue weighted by molar-refractivity contribution is -0.124. The number of nitrogens with one attached hydrogen (secondary N) is 1. The van der Waals surface area contributed by atoms with E-state index in [1.54, 1.807) is 0 Å². The Bertz CT molecular complexity index is 597. The van der Waals surface area contributed by atoms with E-state index in [1.165, 1.54) is 5.56 Å². The van der Waals surface area contributed by atoms with Crippen LogP contribution in [-0.2, 0) is 11.2 Å². The van der Waals surface area contributed by atoms with Crippen LogP contribution >= 0.6 is 0 Å².